The van der Waals surface area contributed by atoms with Crippen LogP contribution >= 0.6 is 0 Å². The quantitative estimate of drug-likeness (QED) is 0.629. The van der Waals surface area contributed by atoms with Crippen molar-refractivity contribution in [1.29, 1.82) is 0 Å². The number of benzene rings is 1. The van der Waals surface area contributed by atoms with E-state index in [9.17, 15) is 9.59 Å². The molecule has 1 N–H and O–H groups in total. The Morgan fingerprint density at radius 2 is 1.71 bits per heavy atom. The van der Waals surface area contributed by atoms with Gasteiger partial charge >= 0.3 is 5.97 Å². The van der Waals surface area contributed by atoms with Crippen LogP contribution in [0.1, 0.15) is 43.1 Å². The number of rotatable bonds is 5. The number of Topliss-reactive ketones (excluding diaryl/α,β-unsaturated/α-hetero) is 1. The van der Waals surface area contributed by atoms with Crippen LogP contribution in [0.3, 0.4) is 0 Å². The van der Waals surface area contributed by atoms with Gasteiger partial charge in [0, 0.05) is 5.56 Å². The first-order valence-corrected chi connectivity index (χ1v) is 5.76. The second-order valence-electron chi connectivity index (χ2n) is 4.71. The van der Waals surface area contributed by atoms with Gasteiger partial charge in [-0.05, 0) is 25.8 Å². The molecule has 0 aliphatic carbocycles. The molecule has 0 atom stereocenters. The van der Waals surface area contributed by atoms with Crippen molar-refractivity contribution in [2.45, 2.75) is 33.6 Å². The molecule has 1 aromatic rings. The summed E-state index contributed by atoms with van der Waals surface area (Å²) in [4.78, 5) is 23.0. The summed E-state index contributed by atoms with van der Waals surface area (Å²) >= 11 is 0. The molecule has 0 aromatic heterocycles. The average molecular weight is 234 g/mol. The zero-order valence-corrected chi connectivity index (χ0v) is 10.5. The number of hydrogen-bond acceptors (Lipinski definition) is 2. The number of carboxylic acids is 1. The highest BCUT2D eigenvalue weighted by atomic mass is 16.4. The van der Waals surface area contributed by atoms with Crippen LogP contribution in [0.2, 0.25) is 0 Å². The molecule has 17 heavy (non-hydrogen) atoms. The molecule has 0 aliphatic rings. The van der Waals surface area contributed by atoms with Crippen molar-refractivity contribution in [3.8, 4) is 0 Å². The number of ketones is 1. The summed E-state index contributed by atoms with van der Waals surface area (Å²) < 4.78 is 0. The molecule has 1 aromatic carbocycles. The maximum Gasteiger partial charge on any atom is 0.316 e. The highest BCUT2D eigenvalue weighted by Gasteiger charge is 2.36. The molecule has 3 nitrogen and oxygen atoms in total. The van der Waals surface area contributed by atoms with Crippen LogP contribution < -0.4 is 0 Å². The molecule has 92 valence electrons. The van der Waals surface area contributed by atoms with E-state index in [0.29, 0.717) is 5.56 Å². The van der Waals surface area contributed by atoms with Gasteiger partial charge < -0.3 is 5.11 Å². The van der Waals surface area contributed by atoms with Crippen LogP contribution in [0, 0.1) is 5.41 Å². The fourth-order valence-corrected chi connectivity index (χ4v) is 1.57. The Morgan fingerprint density at radius 3 is 2.12 bits per heavy atom. The Bertz CT molecular complexity index is 416. The topological polar surface area (TPSA) is 54.4 Å². The normalized spacial score (nSPS) is 11.2. The molecule has 3 heteroatoms. The van der Waals surface area contributed by atoms with Crippen molar-refractivity contribution in [2.24, 2.45) is 5.41 Å². The van der Waals surface area contributed by atoms with E-state index in [1.54, 1.807) is 12.1 Å². The predicted octanol–water partition coefficient (Wildman–Crippen LogP) is 2.93. The molecular weight excluding hydrogens is 216 g/mol. The van der Waals surface area contributed by atoms with Crippen LogP contribution in [-0.2, 0) is 11.2 Å². The van der Waals surface area contributed by atoms with Gasteiger partial charge in [0.15, 0.2) is 5.78 Å². The average Bonchev–Trinajstić information content (AvgIpc) is 2.29. The summed E-state index contributed by atoms with van der Waals surface area (Å²) in [6.07, 6.45) is 2.02. The first-order valence-electron chi connectivity index (χ1n) is 5.76. The molecule has 0 spiro atoms. The first kappa shape index (κ1) is 13.4. The third-order valence-corrected chi connectivity index (χ3v) is 2.86. The van der Waals surface area contributed by atoms with Gasteiger partial charge in [0.25, 0.3) is 0 Å². The Hall–Kier alpha value is -1.64. The Morgan fingerprint density at radius 1 is 1.18 bits per heavy atom. The van der Waals surface area contributed by atoms with Crippen LogP contribution in [0.25, 0.3) is 0 Å². The number of hydrogen-bond donors (Lipinski definition) is 1. The molecule has 0 unspecified atom stereocenters. The lowest BCUT2D eigenvalue weighted by Gasteiger charge is -2.17. The van der Waals surface area contributed by atoms with E-state index in [-0.39, 0.29) is 5.78 Å². The van der Waals surface area contributed by atoms with E-state index in [1.165, 1.54) is 13.8 Å². The molecule has 0 bridgehead atoms. The molecule has 0 amide bonds. The molecule has 0 radical (unpaired) electrons. The second-order valence-corrected chi connectivity index (χ2v) is 4.71. The fourth-order valence-electron chi connectivity index (χ4n) is 1.57. The van der Waals surface area contributed by atoms with Gasteiger partial charge in [-0.25, -0.2) is 0 Å². The Balaban J connectivity index is 2.94. The lowest BCUT2D eigenvalue weighted by Crippen LogP contribution is -2.33. The van der Waals surface area contributed by atoms with Crippen molar-refractivity contribution in [3.63, 3.8) is 0 Å². The van der Waals surface area contributed by atoms with E-state index in [0.717, 1.165) is 18.4 Å². The number of carboxylic acid groups (broad SMARTS) is 1. The summed E-state index contributed by atoms with van der Waals surface area (Å²) in [6, 6.07) is 7.18. The van der Waals surface area contributed by atoms with Gasteiger partial charge in [-0.2, -0.15) is 0 Å². The molecular formula is C14H18O3. The van der Waals surface area contributed by atoms with Crippen molar-refractivity contribution >= 4 is 11.8 Å². The molecule has 0 fully saturated rings. The van der Waals surface area contributed by atoms with Gasteiger partial charge in [0.05, 0.1) is 0 Å². The largest absolute Gasteiger partial charge is 0.481 e. The zero-order valence-electron chi connectivity index (χ0n) is 10.5. The van der Waals surface area contributed by atoms with E-state index in [1.807, 2.05) is 12.1 Å². The van der Waals surface area contributed by atoms with E-state index < -0.39 is 11.4 Å². The van der Waals surface area contributed by atoms with Crippen molar-refractivity contribution < 1.29 is 14.7 Å². The maximum absolute atomic E-state index is 12.0. The van der Waals surface area contributed by atoms with Gasteiger partial charge in [0.2, 0.25) is 0 Å². The molecule has 1 rings (SSSR count). The SMILES string of the molecule is CCCc1ccc(C(=O)C(C)(C)C(=O)O)cc1. The first-order chi connectivity index (χ1) is 7.89. The summed E-state index contributed by atoms with van der Waals surface area (Å²) in [5, 5.41) is 8.99. The van der Waals surface area contributed by atoms with E-state index in [4.69, 9.17) is 5.11 Å². The molecule has 0 heterocycles. The maximum atomic E-state index is 12.0. The smallest absolute Gasteiger partial charge is 0.316 e. The minimum atomic E-state index is -1.37. The lowest BCUT2D eigenvalue weighted by molar-refractivity contribution is -0.144. The summed E-state index contributed by atoms with van der Waals surface area (Å²) in [5.41, 5.74) is 0.251. The third kappa shape index (κ3) is 2.93. The Kier molecular flexibility index (Phi) is 4.05. The van der Waals surface area contributed by atoms with Crippen molar-refractivity contribution in [1.82, 2.24) is 0 Å². The summed E-state index contributed by atoms with van der Waals surface area (Å²) in [7, 11) is 0. The minimum absolute atomic E-state index is 0.354. The minimum Gasteiger partial charge on any atom is -0.481 e. The third-order valence-electron chi connectivity index (χ3n) is 2.86. The van der Waals surface area contributed by atoms with Crippen LogP contribution in [0.5, 0.6) is 0 Å². The van der Waals surface area contributed by atoms with Crippen LogP contribution in [0.4, 0.5) is 0 Å². The van der Waals surface area contributed by atoms with Gasteiger partial charge in [0.1, 0.15) is 5.41 Å². The molecule has 0 saturated heterocycles. The van der Waals surface area contributed by atoms with Crippen molar-refractivity contribution in [3.05, 3.63) is 35.4 Å². The van der Waals surface area contributed by atoms with Crippen molar-refractivity contribution in [2.75, 3.05) is 0 Å². The highest BCUT2D eigenvalue weighted by Crippen LogP contribution is 2.22. The number of carbonyl (C=O) groups excluding carboxylic acids is 1. The van der Waals surface area contributed by atoms with Gasteiger partial charge in [-0.1, -0.05) is 37.6 Å². The monoisotopic (exact) mass is 234 g/mol. The van der Waals surface area contributed by atoms with Crippen LogP contribution in [-0.4, -0.2) is 16.9 Å². The number of carbonyl (C=O) groups is 2. The lowest BCUT2D eigenvalue weighted by atomic mass is 9.84. The highest BCUT2D eigenvalue weighted by molar-refractivity contribution is 6.11. The number of aliphatic carboxylic acids is 1. The molecule has 0 saturated carbocycles. The molecule has 0 aliphatic heterocycles. The standard InChI is InChI=1S/C14H18O3/c1-4-5-10-6-8-11(9-7-10)12(15)14(2,3)13(16)17/h6-9H,4-5H2,1-3H3,(H,16,17). The second kappa shape index (κ2) is 5.13. The van der Waals surface area contributed by atoms with E-state index >= 15 is 0 Å². The summed E-state index contributed by atoms with van der Waals surface area (Å²) in [6.45, 7) is 4.95. The van der Waals surface area contributed by atoms with Crippen LogP contribution in [0.15, 0.2) is 24.3 Å². The van der Waals surface area contributed by atoms with E-state index in [2.05, 4.69) is 6.92 Å². The summed E-state index contributed by atoms with van der Waals surface area (Å²) in [5.74, 6) is -1.45. The van der Waals surface area contributed by atoms with Gasteiger partial charge in [-0.3, -0.25) is 9.59 Å². The zero-order chi connectivity index (χ0) is 13.1. The van der Waals surface area contributed by atoms with Gasteiger partial charge in [-0.15, -0.1) is 0 Å². The predicted molar refractivity (Wildman–Crippen MR) is 66.2 cm³/mol. The Labute approximate surface area is 101 Å². The fraction of sp³-hybridized carbons (Fsp3) is 0.429. The number of aryl methyl sites for hydroxylation is 1.